The lowest BCUT2D eigenvalue weighted by Gasteiger charge is -2.16. The van der Waals surface area contributed by atoms with Crippen LogP contribution in [0.3, 0.4) is 0 Å². The molecule has 1 aliphatic rings. The minimum Gasteiger partial charge on any atom is -0.333 e. The number of nitrogens with zero attached hydrogens (tertiary/aromatic N) is 2. The summed E-state index contributed by atoms with van der Waals surface area (Å²) in [6.45, 7) is 7.48. The average molecular weight is 179 g/mol. The van der Waals surface area contributed by atoms with Crippen LogP contribution in [-0.4, -0.2) is 9.55 Å². The summed E-state index contributed by atoms with van der Waals surface area (Å²) < 4.78 is 2.13. The van der Waals surface area contributed by atoms with Crippen LogP contribution in [0.5, 0.6) is 0 Å². The van der Waals surface area contributed by atoms with Gasteiger partial charge in [-0.2, -0.15) is 0 Å². The minimum atomic E-state index is -0.139. The van der Waals surface area contributed by atoms with Gasteiger partial charge in [0.2, 0.25) is 0 Å². The molecular weight excluding hydrogens is 162 g/mol. The molecule has 2 N–H and O–H groups in total. The molecule has 0 bridgehead atoms. The minimum absolute atomic E-state index is 0.139. The van der Waals surface area contributed by atoms with E-state index < -0.39 is 0 Å². The van der Waals surface area contributed by atoms with E-state index in [4.69, 9.17) is 5.73 Å². The Balaban J connectivity index is 2.37. The molecule has 0 aliphatic heterocycles. The second kappa shape index (κ2) is 2.35. The van der Waals surface area contributed by atoms with E-state index >= 15 is 0 Å². The molecule has 0 radical (unpaired) electrons. The molecule has 1 aromatic rings. The first-order chi connectivity index (χ1) is 6.01. The maximum atomic E-state index is 6.31. The van der Waals surface area contributed by atoms with Crippen LogP contribution in [0.1, 0.15) is 32.9 Å². The molecule has 13 heavy (non-hydrogen) atoms. The molecule has 0 amide bonds. The number of aryl methyl sites for hydroxylation is 1. The predicted octanol–water partition coefficient (Wildman–Crippen LogP) is 1.49. The fraction of sp³-hybridized carbons (Fsp3) is 0.700. The highest BCUT2D eigenvalue weighted by Gasteiger charge is 2.60. The zero-order valence-electron chi connectivity index (χ0n) is 8.54. The van der Waals surface area contributed by atoms with Crippen molar-refractivity contribution in [2.24, 2.45) is 11.1 Å². The van der Waals surface area contributed by atoms with E-state index in [9.17, 15) is 0 Å². The monoisotopic (exact) mass is 179 g/mol. The van der Waals surface area contributed by atoms with Crippen molar-refractivity contribution in [2.45, 2.75) is 39.3 Å². The number of imidazole rings is 1. The summed E-state index contributed by atoms with van der Waals surface area (Å²) in [5, 5.41) is 0. The molecule has 1 unspecified atom stereocenters. The summed E-state index contributed by atoms with van der Waals surface area (Å²) in [6, 6.07) is 0. The Kier molecular flexibility index (Phi) is 1.58. The normalized spacial score (nSPS) is 30.5. The third kappa shape index (κ3) is 1.03. The van der Waals surface area contributed by atoms with E-state index in [1.807, 2.05) is 12.5 Å². The third-order valence-corrected chi connectivity index (χ3v) is 3.31. The number of nitrogens with two attached hydrogens (primary N) is 1. The fourth-order valence-electron chi connectivity index (χ4n) is 2.03. The lowest BCUT2D eigenvalue weighted by Crippen LogP contribution is -2.28. The average Bonchev–Trinajstić information content (AvgIpc) is 2.53. The molecule has 0 saturated heterocycles. The fourth-order valence-corrected chi connectivity index (χ4v) is 2.03. The first kappa shape index (κ1) is 8.75. The van der Waals surface area contributed by atoms with Gasteiger partial charge in [-0.15, -0.1) is 0 Å². The molecule has 3 nitrogen and oxygen atoms in total. The Morgan fingerprint density at radius 1 is 1.62 bits per heavy atom. The number of hydrogen-bond acceptors (Lipinski definition) is 2. The maximum absolute atomic E-state index is 6.31. The number of rotatable bonds is 2. The van der Waals surface area contributed by atoms with Crippen molar-refractivity contribution in [1.82, 2.24) is 9.55 Å². The Morgan fingerprint density at radius 2 is 2.23 bits per heavy atom. The summed E-state index contributed by atoms with van der Waals surface area (Å²) in [5.74, 6) is 0. The van der Waals surface area contributed by atoms with Gasteiger partial charge in [-0.25, -0.2) is 4.98 Å². The third-order valence-electron chi connectivity index (χ3n) is 3.31. The number of aromatic nitrogens is 2. The van der Waals surface area contributed by atoms with Gasteiger partial charge in [-0.05, 0) is 18.8 Å². The van der Waals surface area contributed by atoms with Gasteiger partial charge in [0.15, 0.2) is 0 Å². The molecule has 1 aromatic heterocycles. The van der Waals surface area contributed by atoms with Crippen LogP contribution in [0.2, 0.25) is 0 Å². The van der Waals surface area contributed by atoms with Gasteiger partial charge in [-0.3, -0.25) is 0 Å². The molecule has 72 valence electrons. The van der Waals surface area contributed by atoms with Crippen molar-refractivity contribution in [1.29, 1.82) is 0 Å². The summed E-state index contributed by atoms with van der Waals surface area (Å²) in [6.07, 6.45) is 4.82. The van der Waals surface area contributed by atoms with Crippen molar-refractivity contribution < 1.29 is 0 Å². The summed E-state index contributed by atoms with van der Waals surface area (Å²) in [7, 11) is 0. The van der Waals surface area contributed by atoms with Crippen LogP contribution >= 0.6 is 0 Å². The first-order valence-electron chi connectivity index (χ1n) is 4.81. The topological polar surface area (TPSA) is 43.8 Å². The summed E-state index contributed by atoms with van der Waals surface area (Å²) in [5.41, 5.74) is 7.58. The van der Waals surface area contributed by atoms with Crippen molar-refractivity contribution in [3.63, 3.8) is 0 Å². The van der Waals surface area contributed by atoms with E-state index in [-0.39, 0.29) is 11.0 Å². The Hall–Kier alpha value is -0.830. The molecule has 1 heterocycles. The SMILES string of the molecule is CCn1cncc1C1(N)CC1(C)C. The van der Waals surface area contributed by atoms with E-state index in [0.717, 1.165) is 13.0 Å². The maximum Gasteiger partial charge on any atom is 0.0948 e. The smallest absolute Gasteiger partial charge is 0.0948 e. The standard InChI is InChI=1S/C10H17N3/c1-4-13-7-12-5-8(13)10(11)6-9(10,2)3/h5,7H,4,6,11H2,1-3H3. The zero-order chi connectivity index (χ0) is 9.69. The van der Waals surface area contributed by atoms with Crippen LogP contribution in [0.15, 0.2) is 12.5 Å². The van der Waals surface area contributed by atoms with Gasteiger partial charge in [0.25, 0.3) is 0 Å². The van der Waals surface area contributed by atoms with Gasteiger partial charge in [0.05, 0.1) is 23.8 Å². The molecule has 0 spiro atoms. The summed E-state index contributed by atoms with van der Waals surface area (Å²) >= 11 is 0. The van der Waals surface area contributed by atoms with Crippen molar-refractivity contribution in [2.75, 3.05) is 0 Å². The largest absolute Gasteiger partial charge is 0.333 e. The van der Waals surface area contributed by atoms with Crippen LogP contribution in [-0.2, 0) is 12.1 Å². The van der Waals surface area contributed by atoms with Gasteiger partial charge in [-0.1, -0.05) is 13.8 Å². The van der Waals surface area contributed by atoms with Gasteiger partial charge < -0.3 is 10.3 Å². The van der Waals surface area contributed by atoms with E-state index in [1.165, 1.54) is 5.69 Å². The molecular formula is C10H17N3. The van der Waals surface area contributed by atoms with Crippen molar-refractivity contribution >= 4 is 0 Å². The molecule has 1 aliphatic carbocycles. The van der Waals surface area contributed by atoms with E-state index in [2.05, 4.69) is 30.3 Å². The highest BCUT2D eigenvalue weighted by Crippen LogP contribution is 2.60. The second-order valence-corrected chi connectivity index (χ2v) is 4.60. The van der Waals surface area contributed by atoms with Crippen LogP contribution < -0.4 is 5.73 Å². The van der Waals surface area contributed by atoms with Crippen molar-refractivity contribution in [3.8, 4) is 0 Å². The van der Waals surface area contributed by atoms with Crippen LogP contribution in [0.4, 0.5) is 0 Å². The Labute approximate surface area is 79.0 Å². The van der Waals surface area contributed by atoms with Crippen molar-refractivity contribution in [3.05, 3.63) is 18.2 Å². The van der Waals surface area contributed by atoms with Crippen LogP contribution in [0, 0.1) is 5.41 Å². The van der Waals surface area contributed by atoms with E-state index in [0.29, 0.717) is 0 Å². The molecule has 1 fully saturated rings. The first-order valence-corrected chi connectivity index (χ1v) is 4.81. The van der Waals surface area contributed by atoms with Gasteiger partial charge in [0, 0.05) is 6.54 Å². The van der Waals surface area contributed by atoms with Gasteiger partial charge >= 0.3 is 0 Å². The number of hydrogen-bond donors (Lipinski definition) is 1. The lowest BCUT2D eigenvalue weighted by atomic mass is 10.0. The molecule has 3 heteroatoms. The second-order valence-electron chi connectivity index (χ2n) is 4.60. The Bertz CT molecular complexity index is 327. The molecule has 0 aromatic carbocycles. The quantitative estimate of drug-likeness (QED) is 0.747. The summed E-state index contributed by atoms with van der Waals surface area (Å²) in [4.78, 5) is 4.15. The highest BCUT2D eigenvalue weighted by molar-refractivity contribution is 5.28. The van der Waals surface area contributed by atoms with Crippen LogP contribution in [0.25, 0.3) is 0 Å². The van der Waals surface area contributed by atoms with Gasteiger partial charge in [0.1, 0.15) is 0 Å². The van der Waals surface area contributed by atoms with E-state index in [1.54, 1.807) is 0 Å². The highest BCUT2D eigenvalue weighted by atomic mass is 15.1. The predicted molar refractivity (Wildman–Crippen MR) is 52.2 cm³/mol. The molecule has 1 saturated carbocycles. The zero-order valence-corrected chi connectivity index (χ0v) is 8.54. The molecule has 2 rings (SSSR count). The Morgan fingerprint density at radius 3 is 2.69 bits per heavy atom. The lowest BCUT2D eigenvalue weighted by molar-refractivity contribution is 0.480. The molecule has 1 atom stereocenters.